The smallest absolute Gasteiger partial charge is 0.0881 e. The van der Waals surface area contributed by atoms with E-state index in [1.54, 1.807) is 0 Å². The Balaban J connectivity index is 2.55. The third kappa shape index (κ3) is 1.29. The molecule has 68 valence electrons. The zero-order valence-electron chi connectivity index (χ0n) is 7.99. The van der Waals surface area contributed by atoms with E-state index >= 15 is 0 Å². The average Bonchev–Trinajstić information content (AvgIpc) is 2.13. The van der Waals surface area contributed by atoms with Crippen molar-refractivity contribution in [2.75, 3.05) is 0 Å². The molecule has 1 aromatic carbocycles. The maximum atomic E-state index is 10.0. The molecule has 0 aromatic heterocycles. The van der Waals surface area contributed by atoms with Crippen molar-refractivity contribution >= 4 is 6.08 Å². The highest BCUT2D eigenvalue weighted by Gasteiger charge is 2.30. The van der Waals surface area contributed by atoms with Gasteiger partial charge in [-0.3, -0.25) is 0 Å². The van der Waals surface area contributed by atoms with Crippen molar-refractivity contribution in [2.24, 2.45) is 5.41 Å². The molecule has 1 aliphatic carbocycles. The number of aliphatic hydroxyl groups excluding tert-OH is 1. The molecule has 1 unspecified atom stereocenters. The van der Waals surface area contributed by atoms with Gasteiger partial charge in [0.15, 0.2) is 0 Å². The van der Waals surface area contributed by atoms with E-state index in [9.17, 15) is 5.11 Å². The highest BCUT2D eigenvalue weighted by atomic mass is 16.3. The van der Waals surface area contributed by atoms with E-state index in [2.05, 4.69) is 12.2 Å². The summed E-state index contributed by atoms with van der Waals surface area (Å²) < 4.78 is 0. The summed E-state index contributed by atoms with van der Waals surface area (Å²) >= 11 is 0. The van der Waals surface area contributed by atoms with E-state index < -0.39 is 0 Å². The minimum absolute atomic E-state index is 0.144. The van der Waals surface area contributed by atoms with Crippen LogP contribution in [0.15, 0.2) is 30.3 Å². The van der Waals surface area contributed by atoms with Gasteiger partial charge in [0.2, 0.25) is 0 Å². The third-order valence-corrected chi connectivity index (χ3v) is 2.69. The highest BCUT2D eigenvalue weighted by Crippen LogP contribution is 2.40. The fourth-order valence-corrected chi connectivity index (χ4v) is 1.71. The molecule has 0 aliphatic heterocycles. The predicted molar refractivity (Wildman–Crippen MR) is 54.2 cm³/mol. The zero-order valence-corrected chi connectivity index (χ0v) is 7.99. The molecule has 1 atom stereocenters. The van der Waals surface area contributed by atoms with Crippen molar-refractivity contribution < 1.29 is 5.11 Å². The summed E-state index contributed by atoms with van der Waals surface area (Å²) in [5, 5.41) is 10.0. The molecular weight excluding hydrogens is 160 g/mol. The quantitative estimate of drug-likeness (QED) is 0.641. The molecule has 0 bridgehead atoms. The van der Waals surface area contributed by atoms with Gasteiger partial charge in [-0.25, -0.2) is 0 Å². The molecule has 1 nitrogen and oxygen atoms in total. The van der Waals surface area contributed by atoms with Gasteiger partial charge >= 0.3 is 0 Å². The van der Waals surface area contributed by atoms with Crippen LogP contribution in [-0.2, 0) is 0 Å². The zero-order chi connectivity index (χ0) is 9.47. The van der Waals surface area contributed by atoms with Crippen LogP contribution in [0, 0.1) is 5.41 Å². The normalized spacial score (nSPS) is 24.1. The molecule has 13 heavy (non-hydrogen) atoms. The first-order chi connectivity index (χ1) is 6.11. The van der Waals surface area contributed by atoms with Crippen molar-refractivity contribution in [3.05, 3.63) is 41.5 Å². The Hall–Kier alpha value is -1.08. The minimum atomic E-state index is -0.381. The van der Waals surface area contributed by atoms with Gasteiger partial charge < -0.3 is 5.11 Å². The molecular formula is C12H14O. The van der Waals surface area contributed by atoms with E-state index in [0.717, 1.165) is 11.1 Å². The second-order valence-corrected chi connectivity index (χ2v) is 4.19. The van der Waals surface area contributed by atoms with Crippen molar-refractivity contribution in [1.29, 1.82) is 0 Å². The van der Waals surface area contributed by atoms with Gasteiger partial charge in [0.25, 0.3) is 0 Å². The molecule has 2 rings (SSSR count). The number of benzene rings is 1. The monoisotopic (exact) mass is 174 g/mol. The van der Waals surface area contributed by atoms with Gasteiger partial charge in [0.1, 0.15) is 0 Å². The molecule has 0 heterocycles. The molecule has 1 heteroatoms. The van der Waals surface area contributed by atoms with E-state index in [1.165, 1.54) is 0 Å². The lowest BCUT2D eigenvalue weighted by Crippen LogP contribution is -2.22. The van der Waals surface area contributed by atoms with Crippen LogP contribution in [0.25, 0.3) is 6.08 Å². The molecule has 0 saturated carbocycles. The largest absolute Gasteiger partial charge is 0.388 e. The summed E-state index contributed by atoms with van der Waals surface area (Å²) in [6.07, 6.45) is 3.77. The van der Waals surface area contributed by atoms with Crippen molar-refractivity contribution in [1.82, 2.24) is 0 Å². The SMILES string of the molecule is CC1(C)C=Cc2ccccc2C1O. The van der Waals surface area contributed by atoms with Crippen LogP contribution in [0.1, 0.15) is 31.1 Å². The first kappa shape index (κ1) is 8.52. The summed E-state index contributed by atoms with van der Waals surface area (Å²) in [5.74, 6) is 0. The fraction of sp³-hybridized carbons (Fsp3) is 0.333. The van der Waals surface area contributed by atoms with Crippen LogP contribution in [0.2, 0.25) is 0 Å². The van der Waals surface area contributed by atoms with Crippen molar-refractivity contribution in [3.63, 3.8) is 0 Å². The van der Waals surface area contributed by atoms with Crippen LogP contribution < -0.4 is 0 Å². The lowest BCUT2D eigenvalue weighted by atomic mass is 9.77. The van der Waals surface area contributed by atoms with Gasteiger partial charge in [-0.05, 0) is 11.1 Å². The number of rotatable bonds is 0. The van der Waals surface area contributed by atoms with Crippen molar-refractivity contribution in [3.8, 4) is 0 Å². The maximum absolute atomic E-state index is 10.0. The van der Waals surface area contributed by atoms with Crippen molar-refractivity contribution in [2.45, 2.75) is 20.0 Å². The predicted octanol–water partition coefficient (Wildman–Crippen LogP) is 2.77. The molecule has 0 radical (unpaired) electrons. The highest BCUT2D eigenvalue weighted by molar-refractivity contribution is 5.58. The summed E-state index contributed by atoms with van der Waals surface area (Å²) in [6, 6.07) is 7.99. The van der Waals surface area contributed by atoms with Gasteiger partial charge in [-0.2, -0.15) is 0 Å². The average molecular weight is 174 g/mol. The van der Waals surface area contributed by atoms with Gasteiger partial charge in [-0.1, -0.05) is 50.3 Å². The first-order valence-electron chi connectivity index (χ1n) is 4.57. The lowest BCUT2D eigenvalue weighted by Gasteiger charge is -2.32. The number of hydrogen-bond donors (Lipinski definition) is 1. The van der Waals surface area contributed by atoms with E-state index in [4.69, 9.17) is 0 Å². The Morgan fingerprint density at radius 2 is 1.92 bits per heavy atom. The number of hydrogen-bond acceptors (Lipinski definition) is 1. The minimum Gasteiger partial charge on any atom is -0.388 e. The Kier molecular flexibility index (Phi) is 1.77. The summed E-state index contributed by atoms with van der Waals surface area (Å²) in [6.45, 7) is 4.09. The molecule has 0 saturated heterocycles. The first-order valence-corrected chi connectivity index (χ1v) is 4.57. The van der Waals surface area contributed by atoms with Crippen LogP contribution in [0.3, 0.4) is 0 Å². The van der Waals surface area contributed by atoms with Gasteiger partial charge in [0.05, 0.1) is 6.10 Å². The third-order valence-electron chi connectivity index (χ3n) is 2.69. The Morgan fingerprint density at radius 1 is 1.23 bits per heavy atom. The molecule has 0 spiro atoms. The van der Waals surface area contributed by atoms with E-state index in [-0.39, 0.29) is 11.5 Å². The second kappa shape index (κ2) is 2.71. The molecule has 1 N–H and O–H groups in total. The molecule has 1 aliphatic rings. The van der Waals surface area contributed by atoms with Gasteiger partial charge in [0, 0.05) is 5.41 Å². The summed E-state index contributed by atoms with van der Waals surface area (Å²) in [7, 11) is 0. The Labute approximate surface area is 78.7 Å². The summed E-state index contributed by atoms with van der Waals surface area (Å²) in [4.78, 5) is 0. The Morgan fingerprint density at radius 3 is 2.69 bits per heavy atom. The Bertz CT molecular complexity index is 350. The number of fused-ring (bicyclic) bond motifs is 1. The maximum Gasteiger partial charge on any atom is 0.0881 e. The van der Waals surface area contributed by atoms with Crippen LogP contribution in [-0.4, -0.2) is 5.11 Å². The van der Waals surface area contributed by atoms with Crippen LogP contribution >= 0.6 is 0 Å². The summed E-state index contributed by atoms with van der Waals surface area (Å²) in [5.41, 5.74) is 2.03. The van der Waals surface area contributed by atoms with Crippen LogP contribution in [0.5, 0.6) is 0 Å². The van der Waals surface area contributed by atoms with Gasteiger partial charge in [-0.15, -0.1) is 0 Å². The van der Waals surface area contributed by atoms with Crippen LogP contribution in [0.4, 0.5) is 0 Å². The lowest BCUT2D eigenvalue weighted by molar-refractivity contribution is 0.0804. The topological polar surface area (TPSA) is 20.2 Å². The number of aliphatic hydroxyl groups is 1. The fourth-order valence-electron chi connectivity index (χ4n) is 1.71. The molecule has 1 aromatic rings. The molecule has 0 amide bonds. The van der Waals surface area contributed by atoms with E-state index in [0.29, 0.717) is 0 Å². The molecule has 0 fully saturated rings. The van der Waals surface area contributed by atoms with E-state index in [1.807, 2.05) is 38.1 Å². The standard InChI is InChI=1S/C12H14O/c1-12(2)8-7-9-5-3-4-6-10(9)11(12)13/h3-8,11,13H,1-2H3. The second-order valence-electron chi connectivity index (χ2n) is 4.19.